The fraction of sp³-hybridized carbons (Fsp3) is 0.792. The van der Waals surface area contributed by atoms with Gasteiger partial charge in [-0.15, -0.1) is 34.8 Å². The van der Waals surface area contributed by atoms with Crippen LogP contribution in [0.2, 0.25) is 0 Å². The van der Waals surface area contributed by atoms with Gasteiger partial charge in [0.15, 0.2) is 24.4 Å². The summed E-state index contributed by atoms with van der Waals surface area (Å²) in [6, 6.07) is 0. The highest BCUT2D eigenvalue weighted by molar-refractivity contribution is 6.21. The molecule has 2 rings (SSSR count). The second-order valence-electron chi connectivity index (χ2n) is 9.24. The summed E-state index contributed by atoms with van der Waals surface area (Å²) in [6.07, 6.45) is -7.55. The SMILES string of the molecule is CC(=O)OC[C@@H]1O[C@H](COC[C@]2(CCl)O[C@H](CCl)[C@H](OC(C)=O)[C@@H]2OC(C)=O)[C@H](OC(C)=O)[C@H](OC(C)=O)[C@H]1Cl. The summed E-state index contributed by atoms with van der Waals surface area (Å²) in [4.78, 5) is 58.7. The molecule has 0 unspecified atom stereocenters. The molecule has 13 nitrogen and oxygen atoms in total. The highest BCUT2D eigenvalue weighted by atomic mass is 35.5. The number of hydrogen-bond donors (Lipinski definition) is 0. The maximum Gasteiger partial charge on any atom is 0.303 e. The minimum absolute atomic E-state index is 0.117. The molecule has 0 spiro atoms. The molecule has 2 saturated heterocycles. The van der Waals surface area contributed by atoms with Crippen molar-refractivity contribution in [2.45, 2.75) is 88.3 Å². The first-order valence-electron chi connectivity index (χ1n) is 12.2. The van der Waals surface area contributed by atoms with Gasteiger partial charge in [-0.1, -0.05) is 0 Å². The van der Waals surface area contributed by atoms with Crippen molar-refractivity contribution in [2.24, 2.45) is 0 Å². The molecule has 2 fully saturated rings. The summed E-state index contributed by atoms with van der Waals surface area (Å²) in [5, 5.41) is -1.06. The molecule has 2 aliphatic heterocycles. The lowest BCUT2D eigenvalue weighted by atomic mass is 9.96. The van der Waals surface area contributed by atoms with Crippen molar-refractivity contribution in [1.82, 2.24) is 0 Å². The van der Waals surface area contributed by atoms with Crippen LogP contribution in [-0.2, 0) is 61.9 Å². The molecule has 0 aromatic rings. The molecule has 2 heterocycles. The highest BCUT2D eigenvalue weighted by Crippen LogP contribution is 2.38. The van der Waals surface area contributed by atoms with Crippen LogP contribution in [0.4, 0.5) is 0 Å². The lowest BCUT2D eigenvalue weighted by Crippen LogP contribution is -2.61. The van der Waals surface area contributed by atoms with E-state index in [0.29, 0.717) is 0 Å². The van der Waals surface area contributed by atoms with Gasteiger partial charge in [-0.05, 0) is 0 Å². The standard InChI is InChI=1S/C24H33Cl3O13/c1-11(28)34-8-17-19(27)22(37-14(4)31)20(35-12(2)29)18(39-17)7-33-10-24(9-26)23(38-15(5)32)21(36-13(3)30)16(6-25)40-24/h16-23H,6-10H2,1-5H3/t16-,17+,18-,19+,20+,21+,22-,23+,24+/m1/s1. The smallest absolute Gasteiger partial charge is 0.303 e. The van der Waals surface area contributed by atoms with Crippen molar-refractivity contribution < 1.29 is 61.9 Å². The van der Waals surface area contributed by atoms with E-state index >= 15 is 0 Å². The Morgan fingerprint density at radius 3 is 1.75 bits per heavy atom. The molecule has 0 aliphatic carbocycles. The van der Waals surface area contributed by atoms with Gasteiger partial charge in [0.2, 0.25) is 0 Å². The summed E-state index contributed by atoms with van der Waals surface area (Å²) in [6.45, 7) is 4.95. The third-order valence-corrected chi connectivity index (χ3v) is 7.22. The van der Waals surface area contributed by atoms with Crippen LogP contribution in [-0.4, -0.2) is 115 Å². The van der Waals surface area contributed by atoms with Gasteiger partial charge < -0.3 is 37.9 Å². The van der Waals surface area contributed by atoms with Gasteiger partial charge >= 0.3 is 29.8 Å². The third-order valence-electron chi connectivity index (χ3n) is 5.93. The van der Waals surface area contributed by atoms with E-state index in [0.717, 1.165) is 13.8 Å². The van der Waals surface area contributed by atoms with Crippen molar-refractivity contribution >= 4 is 64.6 Å². The average Bonchev–Trinajstić information content (AvgIpc) is 3.13. The molecule has 228 valence electrons. The number of carbonyl (C=O) groups is 5. The molecule has 0 bridgehead atoms. The van der Waals surface area contributed by atoms with Crippen molar-refractivity contribution in [1.29, 1.82) is 0 Å². The second kappa shape index (κ2) is 15.4. The molecule has 16 heteroatoms. The van der Waals surface area contributed by atoms with E-state index in [9.17, 15) is 24.0 Å². The average molecular weight is 636 g/mol. The van der Waals surface area contributed by atoms with Gasteiger partial charge in [0.1, 0.15) is 35.9 Å². The summed E-state index contributed by atoms with van der Waals surface area (Å²) in [5.41, 5.74) is -1.50. The minimum atomic E-state index is -1.50. The Morgan fingerprint density at radius 1 is 0.700 bits per heavy atom. The Bertz CT molecular complexity index is 934. The first kappa shape index (κ1) is 34.3. The quantitative estimate of drug-likeness (QED) is 0.172. The van der Waals surface area contributed by atoms with E-state index in [1.165, 1.54) is 20.8 Å². The summed E-state index contributed by atoms with van der Waals surface area (Å²) < 4.78 is 44.4. The van der Waals surface area contributed by atoms with Gasteiger partial charge in [0.25, 0.3) is 0 Å². The predicted molar refractivity (Wildman–Crippen MR) is 137 cm³/mol. The Hall–Kier alpha value is -1.90. The molecule has 0 aromatic heterocycles. The van der Waals surface area contributed by atoms with Crippen LogP contribution in [0.15, 0.2) is 0 Å². The number of ether oxygens (including phenoxy) is 8. The van der Waals surface area contributed by atoms with Crippen LogP contribution in [0.5, 0.6) is 0 Å². The fourth-order valence-corrected chi connectivity index (χ4v) is 5.30. The highest BCUT2D eigenvalue weighted by Gasteiger charge is 2.59. The lowest BCUT2D eigenvalue weighted by molar-refractivity contribution is -0.222. The molecule has 9 atom stereocenters. The molecule has 0 amide bonds. The summed E-state index contributed by atoms with van der Waals surface area (Å²) in [5.74, 6) is -3.73. The molecule has 2 aliphatic rings. The largest absolute Gasteiger partial charge is 0.463 e. The van der Waals surface area contributed by atoms with E-state index < -0.39 is 83.6 Å². The zero-order chi connectivity index (χ0) is 30.2. The third kappa shape index (κ3) is 9.05. The van der Waals surface area contributed by atoms with Crippen LogP contribution in [0.3, 0.4) is 0 Å². The van der Waals surface area contributed by atoms with E-state index in [4.69, 9.17) is 72.7 Å². The number of alkyl halides is 3. The Balaban J connectivity index is 2.31. The van der Waals surface area contributed by atoms with Crippen molar-refractivity contribution in [3.8, 4) is 0 Å². The maximum absolute atomic E-state index is 11.9. The van der Waals surface area contributed by atoms with Gasteiger partial charge in [-0.25, -0.2) is 0 Å². The second-order valence-corrected chi connectivity index (χ2v) is 10.3. The monoisotopic (exact) mass is 634 g/mol. The van der Waals surface area contributed by atoms with Crippen molar-refractivity contribution in [3.05, 3.63) is 0 Å². The number of hydrogen-bond acceptors (Lipinski definition) is 13. The van der Waals surface area contributed by atoms with E-state index in [1.54, 1.807) is 0 Å². The van der Waals surface area contributed by atoms with Crippen LogP contribution in [0.25, 0.3) is 0 Å². The number of carbonyl (C=O) groups excluding carboxylic acids is 5. The minimum Gasteiger partial charge on any atom is -0.463 e. The first-order valence-corrected chi connectivity index (χ1v) is 13.7. The summed E-state index contributed by atoms with van der Waals surface area (Å²) >= 11 is 18.8. The topological polar surface area (TPSA) is 159 Å². The summed E-state index contributed by atoms with van der Waals surface area (Å²) in [7, 11) is 0. The van der Waals surface area contributed by atoms with Crippen LogP contribution < -0.4 is 0 Å². The Morgan fingerprint density at radius 2 is 1.25 bits per heavy atom. The maximum atomic E-state index is 11.9. The fourth-order valence-electron chi connectivity index (χ4n) is 4.45. The van der Waals surface area contributed by atoms with Gasteiger partial charge in [0, 0.05) is 34.6 Å². The molecule has 0 saturated carbocycles. The van der Waals surface area contributed by atoms with Crippen LogP contribution in [0.1, 0.15) is 34.6 Å². The molecular formula is C24H33Cl3O13. The van der Waals surface area contributed by atoms with Crippen molar-refractivity contribution in [3.63, 3.8) is 0 Å². The zero-order valence-electron chi connectivity index (χ0n) is 22.6. The van der Waals surface area contributed by atoms with Crippen LogP contribution in [0, 0.1) is 0 Å². The lowest BCUT2D eigenvalue weighted by Gasteiger charge is -2.43. The van der Waals surface area contributed by atoms with E-state index in [2.05, 4.69) is 0 Å². The first-order chi connectivity index (χ1) is 18.7. The Kier molecular flexibility index (Phi) is 13.2. The molecule has 0 radical (unpaired) electrons. The normalized spacial score (nSPS) is 33.5. The predicted octanol–water partition coefficient (Wildman–Crippen LogP) is 1.28. The Labute approximate surface area is 246 Å². The van der Waals surface area contributed by atoms with Crippen molar-refractivity contribution in [2.75, 3.05) is 31.6 Å². The number of esters is 5. The number of rotatable bonds is 12. The molecule has 0 aromatic carbocycles. The molecule has 0 N–H and O–H groups in total. The van der Waals surface area contributed by atoms with E-state index in [1.807, 2.05) is 0 Å². The van der Waals surface area contributed by atoms with Gasteiger partial charge in [-0.3, -0.25) is 24.0 Å². The van der Waals surface area contributed by atoms with E-state index in [-0.39, 0.29) is 31.6 Å². The molecule has 40 heavy (non-hydrogen) atoms. The van der Waals surface area contributed by atoms with Gasteiger partial charge in [0.05, 0.1) is 25.0 Å². The van der Waals surface area contributed by atoms with Gasteiger partial charge in [-0.2, -0.15) is 0 Å². The molecular weight excluding hydrogens is 603 g/mol. The number of halogens is 3. The van der Waals surface area contributed by atoms with Crippen LogP contribution >= 0.6 is 34.8 Å². The zero-order valence-corrected chi connectivity index (χ0v) is 24.9.